The molecule has 1 aromatic carbocycles. The summed E-state index contributed by atoms with van der Waals surface area (Å²) in [6.45, 7) is 4.88. The third-order valence-electron chi connectivity index (χ3n) is 6.79. The number of ether oxygens (including phenoxy) is 1. The molecule has 1 atom stereocenters. The second kappa shape index (κ2) is 24.7. The molecule has 0 radical (unpaired) electrons. The average Bonchev–Trinajstić information content (AvgIpc) is 3.38. The number of carbonyl (C=O) groups is 3. The smallest absolute Gasteiger partial charge is 0.286 e. The first-order chi connectivity index (χ1) is 22.5. The molecule has 1 unspecified atom stereocenters. The maximum absolute atomic E-state index is 12.5. The molecular weight excluding hydrogens is 613 g/mol. The van der Waals surface area contributed by atoms with Gasteiger partial charge in [0.1, 0.15) is 0 Å². The maximum atomic E-state index is 12.5. The molecule has 2 rings (SSSR count). The third-order valence-corrected chi connectivity index (χ3v) is 9.20. The van der Waals surface area contributed by atoms with Crippen molar-refractivity contribution in [2.24, 2.45) is 0 Å². The van der Waals surface area contributed by atoms with Gasteiger partial charge in [-0.2, -0.15) is 0 Å². The fourth-order valence-electron chi connectivity index (χ4n) is 4.21. The molecule has 0 spiro atoms. The summed E-state index contributed by atoms with van der Waals surface area (Å²) in [5.74, 6) is 0.943. The first kappa shape index (κ1) is 38.7. The molecule has 6 nitrogen and oxygen atoms in total. The number of allylic oxidation sites excluding steroid dienone is 12. The first-order valence-corrected chi connectivity index (χ1v) is 18.7. The van der Waals surface area contributed by atoms with Crippen LogP contribution in [0.2, 0.25) is 0 Å². The normalized spacial score (nSPS) is 16.9. The van der Waals surface area contributed by atoms with Gasteiger partial charge in [0.15, 0.2) is 11.4 Å². The molecule has 1 aliphatic rings. The minimum atomic E-state index is -1.17. The highest BCUT2D eigenvalue weighted by atomic mass is 33.1. The number of amides is 2. The Morgan fingerprint density at radius 1 is 0.739 bits per heavy atom. The van der Waals surface area contributed by atoms with Gasteiger partial charge in [0, 0.05) is 42.7 Å². The number of carbonyl (C=O) groups excluding carboxylic acids is 3. The number of rotatable bonds is 23. The van der Waals surface area contributed by atoms with E-state index >= 15 is 0 Å². The standard InChI is InChI=1S/C38H50N2O4S2/c1-3-4-5-6-7-8-9-10-11-12-13-14-15-16-17-18-19-20-24-27-36(42)39-28-30-45-46-31-29-40-37(43)34-32-35(41)38(2,44-34)33-25-22-21-23-26-33/h4-5,7-8,10-11,13-14,16-17,19-23,25-26,32H,3,6,9,12,15,18,24,27-31H2,1-2H3,(H,39,42)(H,40,43). The van der Waals surface area contributed by atoms with Crippen molar-refractivity contribution in [1.29, 1.82) is 0 Å². The summed E-state index contributed by atoms with van der Waals surface area (Å²) in [5.41, 5.74) is -0.456. The van der Waals surface area contributed by atoms with Crippen molar-refractivity contribution >= 4 is 39.2 Å². The Hall–Kier alpha value is -3.49. The monoisotopic (exact) mass is 662 g/mol. The van der Waals surface area contributed by atoms with E-state index in [2.05, 4.69) is 90.5 Å². The summed E-state index contributed by atoms with van der Waals surface area (Å²) in [5, 5.41) is 5.75. The number of hydrogen-bond acceptors (Lipinski definition) is 6. The molecule has 2 amide bonds. The molecule has 1 aliphatic heterocycles. The number of nitrogens with one attached hydrogen (secondary N) is 2. The molecule has 8 heteroatoms. The van der Waals surface area contributed by atoms with Crippen LogP contribution >= 0.6 is 21.6 Å². The highest BCUT2D eigenvalue weighted by Gasteiger charge is 2.43. The van der Waals surface area contributed by atoms with E-state index in [0.29, 0.717) is 30.8 Å². The molecule has 1 heterocycles. The van der Waals surface area contributed by atoms with Crippen LogP contribution in [0, 0.1) is 0 Å². The van der Waals surface area contributed by atoms with Crippen LogP contribution in [-0.4, -0.2) is 42.2 Å². The van der Waals surface area contributed by atoms with Gasteiger partial charge < -0.3 is 15.4 Å². The molecule has 0 bridgehead atoms. The lowest BCUT2D eigenvalue weighted by atomic mass is 9.92. The zero-order valence-electron chi connectivity index (χ0n) is 27.3. The zero-order chi connectivity index (χ0) is 33.1. The second-order valence-corrected chi connectivity index (χ2v) is 13.3. The Kier molecular flexibility index (Phi) is 20.8. The maximum Gasteiger partial charge on any atom is 0.286 e. The van der Waals surface area contributed by atoms with E-state index in [1.54, 1.807) is 28.5 Å². The fraction of sp³-hybridized carbons (Fsp3) is 0.395. The van der Waals surface area contributed by atoms with Crippen LogP contribution < -0.4 is 10.6 Å². The summed E-state index contributed by atoms with van der Waals surface area (Å²) >= 11 is 0. The number of benzene rings is 1. The molecule has 0 saturated carbocycles. The molecule has 2 N–H and O–H groups in total. The third kappa shape index (κ3) is 16.7. The SMILES string of the molecule is CCC=CCC=CCC=CCC=CCC=CCC=CCCC(=O)NCCSSCCNC(=O)C1=CC(=O)C(C)(c2ccccc2)O1. The molecule has 0 aliphatic carbocycles. The Balaban J connectivity index is 1.40. The van der Waals surface area contributed by atoms with Crippen LogP contribution in [-0.2, 0) is 24.7 Å². The summed E-state index contributed by atoms with van der Waals surface area (Å²) in [6, 6.07) is 9.17. The van der Waals surface area contributed by atoms with E-state index in [4.69, 9.17) is 4.74 Å². The van der Waals surface area contributed by atoms with E-state index in [1.807, 2.05) is 30.3 Å². The van der Waals surface area contributed by atoms with E-state index in [9.17, 15) is 14.4 Å². The minimum absolute atomic E-state index is 0.0423. The largest absolute Gasteiger partial charge is 0.469 e. The van der Waals surface area contributed by atoms with Crippen molar-refractivity contribution in [2.75, 3.05) is 24.6 Å². The van der Waals surface area contributed by atoms with Gasteiger partial charge in [0.2, 0.25) is 11.7 Å². The predicted octanol–water partition coefficient (Wildman–Crippen LogP) is 8.48. The fourth-order valence-corrected chi connectivity index (χ4v) is 6.03. The Labute approximate surface area is 284 Å². The lowest BCUT2D eigenvalue weighted by Crippen LogP contribution is -2.32. The molecule has 0 saturated heterocycles. The van der Waals surface area contributed by atoms with Crippen LogP contribution in [0.1, 0.15) is 70.8 Å². The molecule has 0 aromatic heterocycles. The molecule has 46 heavy (non-hydrogen) atoms. The van der Waals surface area contributed by atoms with Crippen molar-refractivity contribution in [1.82, 2.24) is 10.6 Å². The topological polar surface area (TPSA) is 84.5 Å². The summed E-state index contributed by atoms with van der Waals surface area (Å²) in [4.78, 5) is 37.0. The number of hydrogen-bond donors (Lipinski definition) is 2. The summed E-state index contributed by atoms with van der Waals surface area (Å²) in [6.07, 6.45) is 34.4. The van der Waals surface area contributed by atoms with Crippen LogP contribution in [0.5, 0.6) is 0 Å². The quantitative estimate of drug-likeness (QED) is 0.0695. The van der Waals surface area contributed by atoms with Crippen molar-refractivity contribution in [3.8, 4) is 0 Å². The van der Waals surface area contributed by atoms with Crippen LogP contribution in [0.25, 0.3) is 0 Å². The number of ketones is 1. The summed E-state index contributed by atoms with van der Waals surface area (Å²) < 4.78 is 5.77. The first-order valence-electron chi connectivity index (χ1n) is 16.2. The molecule has 1 aromatic rings. The highest BCUT2D eigenvalue weighted by molar-refractivity contribution is 8.76. The van der Waals surface area contributed by atoms with E-state index < -0.39 is 11.5 Å². The second-order valence-electron chi connectivity index (χ2n) is 10.6. The van der Waals surface area contributed by atoms with Crippen molar-refractivity contribution in [3.63, 3.8) is 0 Å². The molecule has 248 valence electrons. The van der Waals surface area contributed by atoms with Gasteiger partial charge in [0.25, 0.3) is 5.91 Å². The van der Waals surface area contributed by atoms with Crippen molar-refractivity contribution < 1.29 is 19.1 Å². The Morgan fingerprint density at radius 3 is 1.78 bits per heavy atom. The Bertz CT molecular complexity index is 1260. The van der Waals surface area contributed by atoms with Crippen molar-refractivity contribution in [2.45, 2.75) is 70.8 Å². The van der Waals surface area contributed by atoms with Gasteiger partial charge in [0.05, 0.1) is 0 Å². The van der Waals surface area contributed by atoms with Crippen molar-refractivity contribution in [3.05, 3.63) is 121 Å². The van der Waals surface area contributed by atoms with Crippen LogP contribution in [0.4, 0.5) is 0 Å². The van der Waals surface area contributed by atoms with Crippen LogP contribution in [0.3, 0.4) is 0 Å². The minimum Gasteiger partial charge on any atom is -0.469 e. The Morgan fingerprint density at radius 2 is 1.24 bits per heavy atom. The van der Waals surface area contributed by atoms with E-state index in [-0.39, 0.29) is 17.4 Å². The van der Waals surface area contributed by atoms with Gasteiger partial charge in [-0.05, 0) is 51.9 Å². The molecule has 0 fully saturated rings. The predicted molar refractivity (Wildman–Crippen MR) is 196 cm³/mol. The lowest BCUT2D eigenvalue weighted by Gasteiger charge is -2.23. The zero-order valence-corrected chi connectivity index (χ0v) is 29.0. The van der Waals surface area contributed by atoms with Gasteiger partial charge in [-0.15, -0.1) is 0 Å². The summed E-state index contributed by atoms with van der Waals surface area (Å²) in [7, 11) is 3.27. The average molecular weight is 663 g/mol. The van der Waals surface area contributed by atoms with Gasteiger partial charge in [-0.3, -0.25) is 14.4 Å². The molecular formula is C38H50N2O4S2. The van der Waals surface area contributed by atoms with Crippen LogP contribution in [0.15, 0.2) is 115 Å². The van der Waals surface area contributed by atoms with E-state index in [0.717, 1.165) is 50.7 Å². The highest BCUT2D eigenvalue weighted by Crippen LogP contribution is 2.34. The lowest BCUT2D eigenvalue weighted by molar-refractivity contribution is -0.132. The van der Waals surface area contributed by atoms with E-state index in [1.165, 1.54) is 6.08 Å². The van der Waals surface area contributed by atoms with Gasteiger partial charge in [-0.25, -0.2) is 0 Å². The van der Waals surface area contributed by atoms with Gasteiger partial charge in [-0.1, -0.05) is 132 Å². The van der Waals surface area contributed by atoms with Gasteiger partial charge >= 0.3 is 0 Å².